The molecule has 0 atom stereocenters. The Morgan fingerprint density at radius 1 is 1.64 bits per heavy atom. The molecule has 0 fully saturated rings. The van der Waals surface area contributed by atoms with Crippen LogP contribution in [0.3, 0.4) is 0 Å². The first-order valence-electron chi connectivity index (χ1n) is 3.14. The molecule has 0 aromatic carbocycles. The van der Waals surface area contributed by atoms with Crippen LogP contribution < -0.4 is 5.73 Å². The van der Waals surface area contributed by atoms with Crippen molar-refractivity contribution < 1.29 is 0 Å². The largest absolute Gasteiger partial charge is 0.320 e. The SMILES string of the molecule is NCC#Cc1cccnc1Br. The van der Waals surface area contributed by atoms with Crippen molar-refractivity contribution in [3.63, 3.8) is 0 Å². The van der Waals surface area contributed by atoms with Gasteiger partial charge in [-0.2, -0.15) is 0 Å². The highest BCUT2D eigenvalue weighted by atomic mass is 79.9. The molecule has 1 aromatic rings. The third-order valence-corrected chi connectivity index (χ3v) is 1.72. The van der Waals surface area contributed by atoms with Gasteiger partial charge in [0.05, 0.1) is 12.1 Å². The van der Waals surface area contributed by atoms with Gasteiger partial charge in [-0.15, -0.1) is 0 Å². The minimum absolute atomic E-state index is 0.376. The van der Waals surface area contributed by atoms with Crippen molar-refractivity contribution >= 4 is 15.9 Å². The molecule has 0 amide bonds. The van der Waals surface area contributed by atoms with Gasteiger partial charge >= 0.3 is 0 Å². The van der Waals surface area contributed by atoms with Gasteiger partial charge in [0.15, 0.2) is 0 Å². The normalized spacial score (nSPS) is 8.55. The zero-order valence-electron chi connectivity index (χ0n) is 5.84. The van der Waals surface area contributed by atoms with Crippen LogP contribution in [-0.2, 0) is 0 Å². The zero-order chi connectivity index (χ0) is 8.10. The third-order valence-electron chi connectivity index (χ3n) is 1.08. The van der Waals surface area contributed by atoms with Gasteiger partial charge in [0.1, 0.15) is 4.60 Å². The minimum Gasteiger partial charge on any atom is -0.320 e. The summed E-state index contributed by atoms with van der Waals surface area (Å²) < 4.78 is 0.765. The molecule has 0 saturated heterocycles. The van der Waals surface area contributed by atoms with Crippen molar-refractivity contribution in [2.75, 3.05) is 6.54 Å². The summed E-state index contributed by atoms with van der Waals surface area (Å²) in [6.07, 6.45) is 1.71. The van der Waals surface area contributed by atoms with Crippen molar-refractivity contribution in [1.29, 1.82) is 0 Å². The van der Waals surface area contributed by atoms with E-state index >= 15 is 0 Å². The van der Waals surface area contributed by atoms with E-state index in [4.69, 9.17) is 5.73 Å². The highest BCUT2D eigenvalue weighted by molar-refractivity contribution is 9.10. The van der Waals surface area contributed by atoms with E-state index in [0.29, 0.717) is 6.54 Å². The molecule has 0 saturated carbocycles. The molecule has 2 nitrogen and oxygen atoms in total. The summed E-state index contributed by atoms with van der Waals surface area (Å²) >= 11 is 3.27. The van der Waals surface area contributed by atoms with Crippen molar-refractivity contribution in [2.45, 2.75) is 0 Å². The van der Waals surface area contributed by atoms with Crippen molar-refractivity contribution in [3.8, 4) is 11.8 Å². The lowest BCUT2D eigenvalue weighted by molar-refractivity contribution is 1.26. The molecule has 1 rings (SSSR count). The van der Waals surface area contributed by atoms with Crippen molar-refractivity contribution in [1.82, 2.24) is 4.98 Å². The van der Waals surface area contributed by atoms with Crippen LogP contribution in [0.1, 0.15) is 5.56 Å². The topological polar surface area (TPSA) is 38.9 Å². The molecule has 0 bridgehead atoms. The Bertz CT molecular complexity index is 298. The van der Waals surface area contributed by atoms with Crippen LogP contribution in [0.5, 0.6) is 0 Å². The number of rotatable bonds is 0. The van der Waals surface area contributed by atoms with Crippen LogP contribution in [0, 0.1) is 11.8 Å². The van der Waals surface area contributed by atoms with Gasteiger partial charge < -0.3 is 5.73 Å². The number of aromatic nitrogens is 1. The van der Waals surface area contributed by atoms with Crippen molar-refractivity contribution in [3.05, 3.63) is 28.5 Å². The molecule has 2 N–H and O–H groups in total. The number of nitrogens with two attached hydrogens (primary N) is 1. The van der Waals surface area contributed by atoms with E-state index in [1.165, 1.54) is 0 Å². The third kappa shape index (κ3) is 2.34. The molecular weight excluding hydrogens is 204 g/mol. The fraction of sp³-hybridized carbons (Fsp3) is 0.125. The van der Waals surface area contributed by atoms with Gasteiger partial charge in [0, 0.05) is 6.20 Å². The Hall–Kier alpha value is -0.850. The Morgan fingerprint density at radius 2 is 2.45 bits per heavy atom. The van der Waals surface area contributed by atoms with Crippen LogP contribution in [-0.4, -0.2) is 11.5 Å². The molecule has 0 radical (unpaired) electrons. The van der Waals surface area contributed by atoms with E-state index in [1.54, 1.807) is 6.20 Å². The van der Waals surface area contributed by atoms with Gasteiger partial charge in [0.2, 0.25) is 0 Å². The lowest BCUT2D eigenvalue weighted by Crippen LogP contribution is -1.93. The number of nitrogens with zero attached hydrogens (tertiary/aromatic N) is 1. The summed E-state index contributed by atoms with van der Waals surface area (Å²) in [7, 11) is 0. The van der Waals surface area contributed by atoms with E-state index in [-0.39, 0.29) is 0 Å². The molecule has 3 heteroatoms. The Morgan fingerprint density at radius 3 is 3.09 bits per heavy atom. The Balaban J connectivity index is 2.95. The summed E-state index contributed by atoms with van der Waals surface area (Å²) in [6, 6.07) is 3.73. The molecule has 0 aliphatic rings. The summed E-state index contributed by atoms with van der Waals surface area (Å²) in [5, 5.41) is 0. The number of pyridine rings is 1. The second-order valence-electron chi connectivity index (χ2n) is 1.85. The predicted molar refractivity (Wildman–Crippen MR) is 47.9 cm³/mol. The van der Waals surface area contributed by atoms with Crippen LogP contribution in [0.15, 0.2) is 22.9 Å². The van der Waals surface area contributed by atoms with Gasteiger partial charge in [-0.3, -0.25) is 0 Å². The highest BCUT2D eigenvalue weighted by Crippen LogP contribution is 2.09. The summed E-state index contributed by atoms with van der Waals surface area (Å²) in [5.74, 6) is 5.64. The van der Waals surface area contributed by atoms with Crippen LogP contribution in [0.2, 0.25) is 0 Å². The van der Waals surface area contributed by atoms with Crippen LogP contribution in [0.25, 0.3) is 0 Å². The molecule has 1 aromatic heterocycles. The average molecular weight is 211 g/mol. The molecular formula is C8H7BrN2. The smallest absolute Gasteiger partial charge is 0.121 e. The Labute approximate surface area is 74.0 Å². The van der Waals surface area contributed by atoms with E-state index in [9.17, 15) is 0 Å². The lowest BCUT2D eigenvalue weighted by atomic mass is 10.3. The maximum atomic E-state index is 5.22. The quantitative estimate of drug-likeness (QED) is 0.516. The second kappa shape index (κ2) is 4.12. The molecule has 0 unspecified atom stereocenters. The molecule has 11 heavy (non-hydrogen) atoms. The molecule has 1 heterocycles. The van der Waals surface area contributed by atoms with Gasteiger partial charge in [-0.25, -0.2) is 4.98 Å². The van der Waals surface area contributed by atoms with E-state index < -0.39 is 0 Å². The summed E-state index contributed by atoms with van der Waals surface area (Å²) in [6.45, 7) is 0.376. The summed E-state index contributed by atoms with van der Waals surface area (Å²) in [5.41, 5.74) is 6.09. The Kier molecular flexibility index (Phi) is 3.09. The van der Waals surface area contributed by atoms with Crippen LogP contribution >= 0.6 is 15.9 Å². The molecule has 0 aliphatic heterocycles. The summed E-state index contributed by atoms with van der Waals surface area (Å²) in [4.78, 5) is 4.01. The van der Waals surface area contributed by atoms with Gasteiger partial charge in [-0.1, -0.05) is 11.8 Å². The lowest BCUT2D eigenvalue weighted by Gasteiger charge is -1.91. The van der Waals surface area contributed by atoms with Gasteiger partial charge in [0.25, 0.3) is 0 Å². The number of hydrogen-bond donors (Lipinski definition) is 1. The second-order valence-corrected chi connectivity index (χ2v) is 2.60. The molecule has 0 spiro atoms. The highest BCUT2D eigenvalue weighted by Gasteiger charge is 1.92. The standard InChI is InChI=1S/C8H7BrN2/c9-8-7(3-1-5-10)4-2-6-11-8/h2,4,6H,5,10H2. The monoisotopic (exact) mass is 210 g/mol. The fourth-order valence-corrected chi connectivity index (χ4v) is 0.975. The zero-order valence-corrected chi connectivity index (χ0v) is 7.43. The van der Waals surface area contributed by atoms with E-state index in [1.807, 2.05) is 12.1 Å². The van der Waals surface area contributed by atoms with E-state index in [0.717, 1.165) is 10.2 Å². The number of halogens is 1. The molecule has 56 valence electrons. The predicted octanol–water partition coefficient (Wildman–Crippen LogP) is 1.15. The first-order valence-corrected chi connectivity index (χ1v) is 3.93. The van der Waals surface area contributed by atoms with Crippen LogP contribution in [0.4, 0.5) is 0 Å². The van der Waals surface area contributed by atoms with E-state index in [2.05, 4.69) is 32.8 Å². The first kappa shape index (κ1) is 8.25. The molecule has 0 aliphatic carbocycles. The minimum atomic E-state index is 0.376. The first-order chi connectivity index (χ1) is 5.34. The maximum absolute atomic E-state index is 5.22. The number of hydrogen-bond acceptors (Lipinski definition) is 2. The van der Waals surface area contributed by atoms with Gasteiger partial charge in [-0.05, 0) is 28.1 Å². The van der Waals surface area contributed by atoms with Crippen molar-refractivity contribution in [2.24, 2.45) is 5.73 Å². The fourth-order valence-electron chi connectivity index (χ4n) is 0.626. The average Bonchev–Trinajstić information content (AvgIpc) is 2.03. The maximum Gasteiger partial charge on any atom is 0.121 e.